The number of carboxylic acid groups (broad SMARTS) is 2. The van der Waals surface area contributed by atoms with E-state index >= 15 is 0 Å². The summed E-state index contributed by atoms with van der Waals surface area (Å²) in [5, 5.41) is 17.9. The lowest BCUT2D eigenvalue weighted by Crippen LogP contribution is -2.43. The zero-order chi connectivity index (χ0) is 12.3. The largest absolute Gasteiger partial charge is 0.481 e. The lowest BCUT2D eigenvalue weighted by molar-refractivity contribution is -0.170. The van der Waals surface area contributed by atoms with Gasteiger partial charge in [-0.25, -0.2) is 0 Å². The predicted octanol–water partition coefficient (Wildman–Crippen LogP) is 0.504. The van der Waals surface area contributed by atoms with Crippen LogP contribution in [0.4, 0.5) is 0 Å². The Morgan fingerprint density at radius 3 is 2.19 bits per heavy atom. The van der Waals surface area contributed by atoms with Crippen molar-refractivity contribution in [2.45, 2.75) is 32.3 Å². The first-order valence-electron chi connectivity index (χ1n) is 5.06. The zero-order valence-corrected chi connectivity index (χ0v) is 8.88. The van der Waals surface area contributed by atoms with Gasteiger partial charge in [0.15, 0.2) is 0 Å². The van der Waals surface area contributed by atoms with Crippen molar-refractivity contribution in [1.82, 2.24) is 0 Å². The lowest BCUT2D eigenvalue weighted by Gasteiger charge is -2.32. The molecule has 1 aliphatic carbocycles. The highest BCUT2D eigenvalue weighted by Crippen LogP contribution is 2.32. The Kier molecular flexibility index (Phi) is 3.87. The third kappa shape index (κ3) is 2.71. The fourth-order valence-electron chi connectivity index (χ4n) is 2.11. The Bertz CT molecular complexity index is 310. The maximum absolute atomic E-state index is 11.0. The molecule has 0 saturated heterocycles. The molecule has 0 aliphatic heterocycles. The second-order valence-electron chi connectivity index (χ2n) is 3.89. The maximum atomic E-state index is 11.0. The Balaban J connectivity index is 2.86. The van der Waals surface area contributed by atoms with Crippen LogP contribution in [0, 0.1) is 11.8 Å². The number of rotatable bonds is 3. The van der Waals surface area contributed by atoms with Crippen LogP contribution in [-0.2, 0) is 19.1 Å². The van der Waals surface area contributed by atoms with Crippen molar-refractivity contribution in [3.63, 3.8) is 0 Å². The molecule has 0 aromatic heterocycles. The number of hydrogen-bond acceptors (Lipinski definition) is 4. The molecule has 3 atom stereocenters. The molecule has 0 bridgehead atoms. The first-order valence-corrected chi connectivity index (χ1v) is 5.06. The number of esters is 1. The molecule has 1 fully saturated rings. The van der Waals surface area contributed by atoms with Crippen LogP contribution in [0.5, 0.6) is 0 Å². The summed E-state index contributed by atoms with van der Waals surface area (Å²) < 4.78 is 4.86. The van der Waals surface area contributed by atoms with E-state index in [0.717, 1.165) is 0 Å². The number of aliphatic carboxylic acids is 2. The number of carboxylic acids is 2. The average molecular weight is 230 g/mol. The van der Waals surface area contributed by atoms with E-state index in [0.29, 0.717) is 19.3 Å². The SMILES string of the molecule is CC(=O)OC1CCCC(C(=O)O)C1C(=O)O. The van der Waals surface area contributed by atoms with E-state index in [1.165, 1.54) is 6.92 Å². The average Bonchev–Trinajstić information content (AvgIpc) is 2.15. The van der Waals surface area contributed by atoms with E-state index in [1.807, 2.05) is 0 Å². The molecule has 90 valence electrons. The van der Waals surface area contributed by atoms with Gasteiger partial charge in [0.1, 0.15) is 12.0 Å². The Hall–Kier alpha value is -1.59. The third-order valence-electron chi connectivity index (χ3n) is 2.76. The number of carbonyl (C=O) groups excluding carboxylic acids is 1. The van der Waals surface area contributed by atoms with E-state index in [2.05, 4.69) is 0 Å². The normalized spacial score (nSPS) is 29.4. The van der Waals surface area contributed by atoms with Crippen LogP contribution < -0.4 is 0 Å². The molecule has 2 N–H and O–H groups in total. The monoisotopic (exact) mass is 230 g/mol. The molecule has 1 saturated carbocycles. The molecule has 0 amide bonds. The maximum Gasteiger partial charge on any atom is 0.311 e. The third-order valence-corrected chi connectivity index (χ3v) is 2.76. The van der Waals surface area contributed by atoms with E-state index in [-0.39, 0.29) is 0 Å². The van der Waals surface area contributed by atoms with E-state index in [9.17, 15) is 14.4 Å². The van der Waals surface area contributed by atoms with E-state index in [1.54, 1.807) is 0 Å². The van der Waals surface area contributed by atoms with E-state index < -0.39 is 35.8 Å². The van der Waals surface area contributed by atoms with Gasteiger partial charge in [0.2, 0.25) is 0 Å². The summed E-state index contributed by atoms with van der Waals surface area (Å²) in [5.74, 6) is -5.07. The van der Waals surface area contributed by atoms with Crippen LogP contribution in [0.25, 0.3) is 0 Å². The van der Waals surface area contributed by atoms with Gasteiger partial charge < -0.3 is 14.9 Å². The second kappa shape index (κ2) is 4.96. The van der Waals surface area contributed by atoms with Gasteiger partial charge in [-0.1, -0.05) is 0 Å². The van der Waals surface area contributed by atoms with Crippen molar-refractivity contribution in [1.29, 1.82) is 0 Å². The fourth-order valence-corrected chi connectivity index (χ4v) is 2.11. The Morgan fingerprint density at radius 1 is 1.12 bits per heavy atom. The van der Waals surface area contributed by atoms with Gasteiger partial charge in [0.25, 0.3) is 0 Å². The summed E-state index contributed by atoms with van der Waals surface area (Å²) >= 11 is 0. The Labute approximate surface area is 92.2 Å². The summed E-state index contributed by atoms with van der Waals surface area (Å²) in [6.07, 6.45) is 0.438. The molecule has 3 unspecified atom stereocenters. The van der Waals surface area contributed by atoms with Crippen molar-refractivity contribution >= 4 is 17.9 Å². The minimum Gasteiger partial charge on any atom is -0.481 e. The topological polar surface area (TPSA) is 101 Å². The number of ether oxygens (including phenoxy) is 1. The van der Waals surface area contributed by atoms with Crippen molar-refractivity contribution in [3.05, 3.63) is 0 Å². The molecular weight excluding hydrogens is 216 g/mol. The first kappa shape index (κ1) is 12.5. The molecule has 6 heteroatoms. The van der Waals surface area contributed by atoms with Crippen LogP contribution in [0.1, 0.15) is 26.2 Å². The second-order valence-corrected chi connectivity index (χ2v) is 3.89. The van der Waals surface area contributed by atoms with Gasteiger partial charge in [-0.15, -0.1) is 0 Å². The number of carbonyl (C=O) groups is 3. The Morgan fingerprint density at radius 2 is 1.75 bits per heavy atom. The zero-order valence-electron chi connectivity index (χ0n) is 8.88. The van der Waals surface area contributed by atoms with Crippen LogP contribution in [0.2, 0.25) is 0 Å². The van der Waals surface area contributed by atoms with Crippen LogP contribution in [0.15, 0.2) is 0 Å². The summed E-state index contributed by atoms with van der Waals surface area (Å²) in [4.78, 5) is 32.7. The quantitative estimate of drug-likeness (QED) is 0.685. The first-order chi connectivity index (χ1) is 7.43. The van der Waals surface area contributed by atoms with Gasteiger partial charge >= 0.3 is 17.9 Å². The molecule has 16 heavy (non-hydrogen) atoms. The molecule has 6 nitrogen and oxygen atoms in total. The van der Waals surface area contributed by atoms with Crippen molar-refractivity contribution in [2.24, 2.45) is 11.8 Å². The summed E-state index contributed by atoms with van der Waals surface area (Å²) in [7, 11) is 0. The summed E-state index contributed by atoms with van der Waals surface area (Å²) in [6.45, 7) is 1.18. The van der Waals surface area contributed by atoms with Gasteiger partial charge in [0, 0.05) is 6.92 Å². The highest BCUT2D eigenvalue weighted by atomic mass is 16.5. The fraction of sp³-hybridized carbons (Fsp3) is 0.700. The van der Waals surface area contributed by atoms with Gasteiger partial charge in [-0.3, -0.25) is 14.4 Å². The molecular formula is C10H14O6. The van der Waals surface area contributed by atoms with Gasteiger partial charge in [-0.05, 0) is 19.3 Å². The lowest BCUT2D eigenvalue weighted by atomic mass is 9.77. The van der Waals surface area contributed by atoms with E-state index in [4.69, 9.17) is 14.9 Å². The molecule has 0 aromatic carbocycles. The van der Waals surface area contributed by atoms with Crippen LogP contribution >= 0.6 is 0 Å². The van der Waals surface area contributed by atoms with Crippen molar-refractivity contribution < 1.29 is 29.3 Å². The molecule has 0 radical (unpaired) electrons. The van der Waals surface area contributed by atoms with Crippen LogP contribution in [-0.4, -0.2) is 34.2 Å². The molecule has 1 rings (SSSR count). The predicted molar refractivity (Wildman–Crippen MR) is 51.7 cm³/mol. The van der Waals surface area contributed by atoms with Crippen LogP contribution in [0.3, 0.4) is 0 Å². The van der Waals surface area contributed by atoms with Crippen molar-refractivity contribution in [3.8, 4) is 0 Å². The molecule has 0 aromatic rings. The highest BCUT2D eigenvalue weighted by molar-refractivity contribution is 5.81. The number of hydrogen-bond donors (Lipinski definition) is 2. The minimum atomic E-state index is -1.22. The molecule has 1 aliphatic rings. The summed E-state index contributed by atoms with van der Waals surface area (Å²) in [5.41, 5.74) is 0. The molecule has 0 spiro atoms. The summed E-state index contributed by atoms with van der Waals surface area (Å²) in [6, 6.07) is 0. The molecule has 0 heterocycles. The minimum absolute atomic E-state index is 0.310. The smallest absolute Gasteiger partial charge is 0.311 e. The van der Waals surface area contributed by atoms with Crippen molar-refractivity contribution in [2.75, 3.05) is 0 Å². The van der Waals surface area contributed by atoms with Gasteiger partial charge in [-0.2, -0.15) is 0 Å². The highest BCUT2D eigenvalue weighted by Gasteiger charge is 2.44. The van der Waals surface area contributed by atoms with Gasteiger partial charge in [0.05, 0.1) is 5.92 Å². The standard InChI is InChI=1S/C10H14O6/c1-5(11)16-7-4-2-3-6(9(12)13)8(7)10(14)15/h6-8H,2-4H2,1H3,(H,12,13)(H,14,15).